The molecule has 1 aromatic heterocycles. The summed E-state index contributed by atoms with van der Waals surface area (Å²) in [5.41, 5.74) is 1.14. The molecule has 2 N–H and O–H groups in total. The van der Waals surface area contributed by atoms with Crippen molar-refractivity contribution in [2.75, 3.05) is 38.2 Å². The number of ether oxygens (including phenoxy) is 1. The number of carbonyl (C=O) groups is 2. The Balaban J connectivity index is 0.000000330. The minimum atomic E-state index is -1.82. The van der Waals surface area contributed by atoms with Crippen molar-refractivity contribution < 1.29 is 24.5 Å². The number of aliphatic carboxylic acids is 2. The maximum Gasteiger partial charge on any atom is 0.414 e. The van der Waals surface area contributed by atoms with Crippen LogP contribution in [-0.4, -0.2) is 71.4 Å². The van der Waals surface area contributed by atoms with Gasteiger partial charge in [0.2, 0.25) is 0 Å². The Labute approximate surface area is 167 Å². The zero-order chi connectivity index (χ0) is 20.1. The number of methoxy groups -OCH3 is 1. The van der Waals surface area contributed by atoms with Crippen LogP contribution in [0.5, 0.6) is 5.75 Å². The van der Waals surface area contributed by atoms with Crippen molar-refractivity contribution in [2.24, 2.45) is 0 Å². The molecule has 3 aliphatic heterocycles. The average molecular weight is 405 g/mol. The Morgan fingerprint density at radius 2 is 1.86 bits per heavy atom. The fourth-order valence-corrected chi connectivity index (χ4v) is 4.48. The van der Waals surface area contributed by atoms with Gasteiger partial charge in [0.05, 0.1) is 13.3 Å². The van der Waals surface area contributed by atoms with Gasteiger partial charge in [0.15, 0.2) is 0 Å². The number of benzene rings is 1. The molecule has 0 spiro atoms. The first kappa shape index (κ1) is 20.1. The molecule has 5 rings (SSSR count). The standard InChI is InChI=1S/C17H21N3OS.C2H2O4/c1-21-15-4-2-3-13(11-15)17-18-12-16(22-17)20-10-9-19-7-5-14(20)6-8-19;3-1(4)2(5)6/h2-4,11-12,14H,5-10H2,1H3;(H,3,4)(H,5,6). The van der Waals surface area contributed by atoms with E-state index in [-0.39, 0.29) is 0 Å². The van der Waals surface area contributed by atoms with E-state index in [1.807, 2.05) is 18.3 Å². The summed E-state index contributed by atoms with van der Waals surface area (Å²) in [5.74, 6) is -2.76. The second-order valence-corrected chi connectivity index (χ2v) is 7.62. The van der Waals surface area contributed by atoms with E-state index in [0.717, 1.165) is 22.9 Å². The largest absolute Gasteiger partial charge is 0.497 e. The zero-order valence-electron chi connectivity index (χ0n) is 15.6. The van der Waals surface area contributed by atoms with Crippen LogP contribution >= 0.6 is 11.3 Å². The van der Waals surface area contributed by atoms with Crippen molar-refractivity contribution in [3.8, 4) is 16.3 Å². The molecule has 9 heteroatoms. The highest BCUT2D eigenvalue weighted by molar-refractivity contribution is 7.18. The fraction of sp³-hybridized carbons (Fsp3) is 0.421. The summed E-state index contributed by atoms with van der Waals surface area (Å²) in [6.07, 6.45) is 4.62. The highest BCUT2D eigenvalue weighted by Gasteiger charge is 2.30. The molecule has 2 aromatic rings. The summed E-state index contributed by atoms with van der Waals surface area (Å²) in [7, 11) is 1.70. The second-order valence-electron chi connectivity index (χ2n) is 6.61. The summed E-state index contributed by atoms with van der Waals surface area (Å²) in [6.45, 7) is 4.82. The molecule has 4 heterocycles. The predicted octanol–water partition coefficient (Wildman–Crippen LogP) is 2.26. The number of piperidine rings is 1. The summed E-state index contributed by atoms with van der Waals surface area (Å²) in [4.78, 5) is 28.0. The minimum Gasteiger partial charge on any atom is -0.497 e. The molecule has 0 saturated carbocycles. The van der Waals surface area contributed by atoms with Gasteiger partial charge < -0.3 is 24.7 Å². The first-order chi connectivity index (χ1) is 13.5. The van der Waals surface area contributed by atoms with Crippen LogP contribution in [0.15, 0.2) is 30.5 Å². The Morgan fingerprint density at radius 3 is 2.50 bits per heavy atom. The van der Waals surface area contributed by atoms with Crippen LogP contribution in [0.3, 0.4) is 0 Å². The number of rotatable bonds is 3. The van der Waals surface area contributed by atoms with Gasteiger partial charge in [-0.15, -0.1) is 0 Å². The van der Waals surface area contributed by atoms with Gasteiger partial charge >= 0.3 is 11.9 Å². The summed E-state index contributed by atoms with van der Waals surface area (Å²) >= 11 is 1.80. The Bertz CT molecular complexity index is 820. The van der Waals surface area contributed by atoms with Gasteiger partial charge in [-0.1, -0.05) is 23.5 Å². The van der Waals surface area contributed by atoms with Crippen molar-refractivity contribution in [2.45, 2.75) is 18.9 Å². The molecule has 3 aliphatic rings. The van der Waals surface area contributed by atoms with Gasteiger partial charge in [-0.3, -0.25) is 0 Å². The summed E-state index contributed by atoms with van der Waals surface area (Å²) < 4.78 is 5.32. The van der Waals surface area contributed by atoms with Crippen LogP contribution in [0, 0.1) is 0 Å². The normalized spacial score (nSPS) is 20.7. The molecule has 28 heavy (non-hydrogen) atoms. The van der Waals surface area contributed by atoms with Gasteiger partial charge in [-0.25, -0.2) is 14.6 Å². The van der Waals surface area contributed by atoms with E-state index < -0.39 is 11.9 Å². The van der Waals surface area contributed by atoms with E-state index in [9.17, 15) is 0 Å². The first-order valence-electron chi connectivity index (χ1n) is 9.03. The van der Waals surface area contributed by atoms with Crippen LogP contribution in [0.1, 0.15) is 12.8 Å². The molecule has 3 fully saturated rings. The number of fused-ring (bicyclic) bond motifs is 4. The molecule has 1 aromatic carbocycles. The highest BCUT2D eigenvalue weighted by Crippen LogP contribution is 2.35. The van der Waals surface area contributed by atoms with Crippen LogP contribution in [0.2, 0.25) is 0 Å². The van der Waals surface area contributed by atoms with Crippen molar-refractivity contribution in [1.82, 2.24) is 9.88 Å². The molecular formula is C19H23N3O5S. The maximum atomic E-state index is 9.10. The topological polar surface area (TPSA) is 103 Å². The number of aromatic nitrogens is 1. The molecule has 0 radical (unpaired) electrons. The lowest BCUT2D eigenvalue weighted by Crippen LogP contribution is -2.37. The first-order valence-corrected chi connectivity index (χ1v) is 9.85. The third-order valence-corrected chi connectivity index (χ3v) is 6.01. The van der Waals surface area contributed by atoms with Gasteiger partial charge in [0.25, 0.3) is 0 Å². The lowest BCUT2D eigenvalue weighted by Gasteiger charge is -2.31. The van der Waals surface area contributed by atoms with Crippen LogP contribution in [0.25, 0.3) is 10.6 Å². The van der Waals surface area contributed by atoms with E-state index in [4.69, 9.17) is 24.5 Å². The van der Waals surface area contributed by atoms with Crippen LogP contribution in [-0.2, 0) is 9.59 Å². The smallest absolute Gasteiger partial charge is 0.414 e. The summed E-state index contributed by atoms with van der Waals surface area (Å²) in [6, 6.07) is 8.85. The number of hydrogen-bond acceptors (Lipinski definition) is 7. The molecule has 8 nitrogen and oxygen atoms in total. The second kappa shape index (κ2) is 9.03. The van der Waals surface area contributed by atoms with Gasteiger partial charge in [0, 0.05) is 37.8 Å². The Hall–Kier alpha value is -2.65. The predicted molar refractivity (Wildman–Crippen MR) is 106 cm³/mol. The van der Waals surface area contributed by atoms with E-state index >= 15 is 0 Å². The molecule has 0 atom stereocenters. The van der Waals surface area contributed by atoms with Crippen LogP contribution in [0.4, 0.5) is 5.00 Å². The monoisotopic (exact) mass is 405 g/mol. The number of nitrogens with zero attached hydrogens (tertiary/aromatic N) is 3. The third kappa shape index (κ3) is 4.79. The van der Waals surface area contributed by atoms with E-state index in [2.05, 4.69) is 26.9 Å². The van der Waals surface area contributed by atoms with Gasteiger partial charge in [-0.2, -0.15) is 0 Å². The number of anilines is 1. The van der Waals surface area contributed by atoms with Crippen molar-refractivity contribution >= 4 is 28.3 Å². The molecular weight excluding hydrogens is 382 g/mol. The van der Waals surface area contributed by atoms with Gasteiger partial charge in [-0.05, 0) is 25.0 Å². The van der Waals surface area contributed by atoms with Crippen LogP contribution < -0.4 is 9.64 Å². The molecule has 0 amide bonds. The van der Waals surface area contributed by atoms with Gasteiger partial charge in [0.1, 0.15) is 15.8 Å². The number of carboxylic acid groups (broad SMARTS) is 2. The highest BCUT2D eigenvalue weighted by atomic mass is 32.1. The van der Waals surface area contributed by atoms with Crippen molar-refractivity contribution in [3.63, 3.8) is 0 Å². The number of hydrogen-bond donors (Lipinski definition) is 2. The fourth-order valence-electron chi connectivity index (χ4n) is 3.46. The minimum absolute atomic E-state index is 0.692. The molecule has 0 unspecified atom stereocenters. The molecule has 3 saturated heterocycles. The number of carboxylic acids is 2. The molecule has 150 valence electrons. The molecule has 2 bridgehead atoms. The van der Waals surface area contributed by atoms with E-state index in [0.29, 0.717) is 6.04 Å². The quantitative estimate of drug-likeness (QED) is 0.750. The SMILES string of the molecule is COc1cccc(-c2ncc(N3CCN4CCC3CC4)s2)c1.O=C(O)C(=O)O. The zero-order valence-corrected chi connectivity index (χ0v) is 16.4. The van der Waals surface area contributed by atoms with Crippen molar-refractivity contribution in [3.05, 3.63) is 30.5 Å². The summed E-state index contributed by atoms with van der Waals surface area (Å²) in [5, 5.41) is 17.2. The van der Waals surface area contributed by atoms with E-state index in [1.54, 1.807) is 18.4 Å². The third-order valence-electron chi connectivity index (χ3n) is 4.93. The number of thiazole rings is 1. The van der Waals surface area contributed by atoms with Crippen molar-refractivity contribution in [1.29, 1.82) is 0 Å². The lowest BCUT2D eigenvalue weighted by atomic mass is 10.1. The average Bonchev–Trinajstić information content (AvgIpc) is 3.01. The maximum absolute atomic E-state index is 9.10. The van der Waals surface area contributed by atoms with E-state index in [1.165, 1.54) is 37.5 Å². The Morgan fingerprint density at radius 1 is 1.14 bits per heavy atom. The lowest BCUT2D eigenvalue weighted by molar-refractivity contribution is -0.159. The Kier molecular flexibility index (Phi) is 6.48. The molecule has 0 aliphatic carbocycles.